The number of carbonyl (C=O) groups excluding carboxylic acids is 1. The van der Waals surface area contributed by atoms with Gasteiger partial charge in [-0.25, -0.2) is 0 Å². The summed E-state index contributed by atoms with van der Waals surface area (Å²) in [5.41, 5.74) is 1.64. The molecule has 134 valence electrons. The molecule has 1 N–H and O–H groups in total. The number of aromatic nitrogens is 1. The summed E-state index contributed by atoms with van der Waals surface area (Å²) in [4.78, 5) is 12.2. The first-order valence-corrected chi connectivity index (χ1v) is 8.33. The largest absolute Gasteiger partial charge is 0.486 e. The van der Waals surface area contributed by atoms with E-state index in [2.05, 4.69) is 10.5 Å². The number of carbonyl (C=O) groups is 1. The van der Waals surface area contributed by atoms with E-state index in [4.69, 9.17) is 18.7 Å². The monoisotopic (exact) mass is 346 g/mol. The molecule has 2 aromatic rings. The van der Waals surface area contributed by atoms with Crippen molar-refractivity contribution >= 4 is 11.6 Å². The van der Waals surface area contributed by atoms with Gasteiger partial charge in [0.15, 0.2) is 11.5 Å². The number of rotatable bonds is 6. The van der Waals surface area contributed by atoms with Crippen LogP contribution in [0.25, 0.3) is 0 Å². The van der Waals surface area contributed by atoms with Crippen LogP contribution in [0.2, 0.25) is 0 Å². The molecule has 0 bridgehead atoms. The molecule has 1 aliphatic heterocycles. The van der Waals surface area contributed by atoms with Gasteiger partial charge in [0.05, 0.1) is 6.10 Å². The molecule has 0 saturated carbocycles. The third-order valence-electron chi connectivity index (χ3n) is 3.66. The lowest BCUT2D eigenvalue weighted by Gasteiger charge is -2.20. The van der Waals surface area contributed by atoms with Crippen molar-refractivity contribution in [2.75, 3.05) is 18.5 Å². The Balaban J connectivity index is 1.56. The summed E-state index contributed by atoms with van der Waals surface area (Å²) in [6.07, 6.45) is 0.757. The summed E-state index contributed by atoms with van der Waals surface area (Å²) in [6, 6.07) is 5.38. The van der Waals surface area contributed by atoms with Crippen molar-refractivity contribution < 1.29 is 23.5 Å². The van der Waals surface area contributed by atoms with Gasteiger partial charge >= 0.3 is 0 Å². The number of fused-ring (bicyclic) bond motifs is 1. The van der Waals surface area contributed by atoms with Crippen LogP contribution in [0.4, 0.5) is 5.69 Å². The van der Waals surface area contributed by atoms with Crippen LogP contribution in [0, 0.1) is 6.92 Å². The van der Waals surface area contributed by atoms with Crippen LogP contribution < -0.4 is 19.5 Å². The fraction of sp³-hybridized carbons (Fsp3) is 0.444. The highest BCUT2D eigenvalue weighted by Gasteiger charge is 2.16. The summed E-state index contributed by atoms with van der Waals surface area (Å²) >= 11 is 0. The second-order valence-corrected chi connectivity index (χ2v) is 6.16. The van der Waals surface area contributed by atoms with Gasteiger partial charge in [-0.15, -0.1) is 0 Å². The van der Waals surface area contributed by atoms with E-state index >= 15 is 0 Å². The number of amides is 1. The molecule has 7 nitrogen and oxygen atoms in total. The minimum absolute atomic E-state index is 0.0273. The molecule has 0 atom stereocenters. The first-order valence-electron chi connectivity index (χ1n) is 8.33. The van der Waals surface area contributed by atoms with E-state index in [1.54, 1.807) is 12.1 Å². The Hall–Kier alpha value is -2.70. The number of benzene rings is 1. The quantitative estimate of drug-likeness (QED) is 0.865. The standard InChI is InChI=1S/C18H22N2O5/c1-11(2)24-18-9-13(25-20-18)4-5-17(21)19-14-10-16-15(8-12(14)3)22-6-7-23-16/h8-11H,4-7H2,1-3H3,(H,19,21). The maximum Gasteiger partial charge on any atom is 0.254 e. The average Bonchev–Trinajstić information content (AvgIpc) is 3.00. The zero-order chi connectivity index (χ0) is 17.8. The third-order valence-corrected chi connectivity index (χ3v) is 3.66. The predicted molar refractivity (Wildman–Crippen MR) is 91.4 cm³/mol. The molecular weight excluding hydrogens is 324 g/mol. The molecule has 0 fully saturated rings. The number of nitrogens with zero attached hydrogens (tertiary/aromatic N) is 1. The second-order valence-electron chi connectivity index (χ2n) is 6.16. The van der Waals surface area contributed by atoms with Crippen molar-refractivity contribution in [3.63, 3.8) is 0 Å². The van der Waals surface area contributed by atoms with E-state index in [1.807, 2.05) is 26.8 Å². The molecule has 3 rings (SSSR count). The van der Waals surface area contributed by atoms with Crippen LogP contribution in [-0.4, -0.2) is 30.4 Å². The van der Waals surface area contributed by atoms with Crippen molar-refractivity contribution in [1.82, 2.24) is 5.16 Å². The Kier molecular flexibility index (Phi) is 5.11. The second kappa shape index (κ2) is 7.46. The topological polar surface area (TPSA) is 82.8 Å². The SMILES string of the molecule is Cc1cc2c(cc1NC(=O)CCc1cc(OC(C)C)no1)OCCO2. The molecule has 0 aliphatic carbocycles. The van der Waals surface area contributed by atoms with E-state index in [-0.39, 0.29) is 18.4 Å². The summed E-state index contributed by atoms with van der Waals surface area (Å²) in [5.74, 6) is 2.30. The normalized spacial score (nSPS) is 13.0. The van der Waals surface area contributed by atoms with Crippen LogP contribution in [0.1, 0.15) is 31.6 Å². The van der Waals surface area contributed by atoms with Gasteiger partial charge < -0.3 is 24.1 Å². The molecule has 1 aromatic heterocycles. The highest BCUT2D eigenvalue weighted by Crippen LogP contribution is 2.35. The maximum absolute atomic E-state index is 12.2. The van der Waals surface area contributed by atoms with Crippen molar-refractivity contribution in [2.24, 2.45) is 0 Å². The smallest absolute Gasteiger partial charge is 0.254 e. The minimum atomic E-state index is -0.109. The van der Waals surface area contributed by atoms with E-state index in [9.17, 15) is 4.79 Å². The lowest BCUT2D eigenvalue weighted by molar-refractivity contribution is -0.116. The predicted octanol–water partition coefficient (Wildman–Crippen LogP) is 3.11. The number of ether oxygens (including phenoxy) is 3. The summed E-state index contributed by atoms with van der Waals surface area (Å²) in [5, 5.41) is 6.72. The zero-order valence-electron chi connectivity index (χ0n) is 14.6. The maximum atomic E-state index is 12.2. The molecule has 0 unspecified atom stereocenters. The van der Waals surface area contributed by atoms with E-state index < -0.39 is 0 Å². The Morgan fingerprint density at radius 3 is 2.68 bits per heavy atom. The molecule has 1 aromatic carbocycles. The lowest BCUT2D eigenvalue weighted by atomic mass is 10.1. The Morgan fingerprint density at radius 2 is 1.96 bits per heavy atom. The number of nitrogens with one attached hydrogen (secondary N) is 1. The van der Waals surface area contributed by atoms with Gasteiger partial charge in [-0.05, 0) is 37.6 Å². The Labute approximate surface area is 146 Å². The molecule has 0 spiro atoms. The van der Waals surface area contributed by atoms with Gasteiger partial charge in [-0.3, -0.25) is 4.79 Å². The van der Waals surface area contributed by atoms with E-state index in [1.165, 1.54) is 0 Å². The van der Waals surface area contributed by atoms with Crippen molar-refractivity contribution in [2.45, 2.75) is 39.7 Å². The fourth-order valence-corrected chi connectivity index (χ4v) is 2.48. The summed E-state index contributed by atoms with van der Waals surface area (Å²) < 4.78 is 21.7. The molecule has 2 heterocycles. The molecule has 0 saturated heterocycles. The number of hydrogen-bond acceptors (Lipinski definition) is 6. The van der Waals surface area contributed by atoms with Crippen molar-refractivity contribution in [3.8, 4) is 17.4 Å². The Morgan fingerprint density at radius 1 is 1.24 bits per heavy atom. The molecule has 25 heavy (non-hydrogen) atoms. The third kappa shape index (κ3) is 4.43. The van der Waals surface area contributed by atoms with Gasteiger partial charge in [0.1, 0.15) is 19.0 Å². The average molecular weight is 346 g/mol. The van der Waals surface area contributed by atoms with Gasteiger partial charge in [-0.1, -0.05) is 0 Å². The van der Waals surface area contributed by atoms with E-state index in [0.717, 1.165) is 11.3 Å². The first-order chi connectivity index (χ1) is 12.0. The lowest BCUT2D eigenvalue weighted by Crippen LogP contribution is -2.17. The molecule has 0 radical (unpaired) electrons. The van der Waals surface area contributed by atoms with Crippen molar-refractivity contribution in [3.05, 3.63) is 29.5 Å². The number of aryl methyl sites for hydroxylation is 2. The Bertz CT molecular complexity index is 754. The molecular formula is C18H22N2O5. The van der Waals surface area contributed by atoms with Crippen LogP contribution in [0.15, 0.2) is 22.7 Å². The van der Waals surface area contributed by atoms with Crippen molar-refractivity contribution in [1.29, 1.82) is 0 Å². The van der Waals surface area contributed by atoms with Crippen LogP contribution >= 0.6 is 0 Å². The highest BCUT2D eigenvalue weighted by molar-refractivity contribution is 5.92. The first kappa shape index (κ1) is 17.1. The van der Waals surface area contributed by atoms with Crippen LogP contribution in [0.3, 0.4) is 0 Å². The highest BCUT2D eigenvalue weighted by atomic mass is 16.6. The molecule has 1 amide bonds. The van der Waals surface area contributed by atoms with Crippen LogP contribution in [-0.2, 0) is 11.2 Å². The molecule has 1 aliphatic rings. The summed E-state index contributed by atoms with van der Waals surface area (Å²) in [6.45, 7) is 6.79. The number of anilines is 1. The summed E-state index contributed by atoms with van der Waals surface area (Å²) in [7, 11) is 0. The van der Waals surface area contributed by atoms with Gasteiger partial charge in [0.2, 0.25) is 5.91 Å². The van der Waals surface area contributed by atoms with Gasteiger partial charge in [0.25, 0.3) is 5.88 Å². The van der Waals surface area contributed by atoms with Gasteiger partial charge in [-0.2, -0.15) is 0 Å². The van der Waals surface area contributed by atoms with Crippen LogP contribution in [0.5, 0.6) is 17.4 Å². The van der Waals surface area contributed by atoms with Gasteiger partial charge in [0, 0.05) is 30.7 Å². The number of hydrogen-bond donors (Lipinski definition) is 1. The molecule has 7 heteroatoms. The zero-order valence-corrected chi connectivity index (χ0v) is 14.6. The fourth-order valence-electron chi connectivity index (χ4n) is 2.48. The minimum Gasteiger partial charge on any atom is -0.486 e. The van der Waals surface area contributed by atoms with E-state index in [0.29, 0.717) is 42.8 Å².